The van der Waals surface area contributed by atoms with E-state index >= 15 is 0 Å². The van der Waals surface area contributed by atoms with Crippen molar-refractivity contribution < 1.29 is 38.5 Å². The lowest BCUT2D eigenvalue weighted by atomic mass is 9.86. The van der Waals surface area contributed by atoms with Crippen molar-refractivity contribution in [3.05, 3.63) is 0 Å². The molecule has 0 aromatic heterocycles. The van der Waals surface area contributed by atoms with Crippen LogP contribution >= 0.6 is 0 Å². The van der Waals surface area contributed by atoms with Gasteiger partial charge in [-0.15, -0.1) is 0 Å². The first-order valence-electron chi connectivity index (χ1n) is 31.3. The molecule has 0 saturated carbocycles. The number of rotatable bonds is 44. The highest BCUT2D eigenvalue weighted by Gasteiger charge is 2.31. The van der Waals surface area contributed by atoms with Crippen molar-refractivity contribution in [2.24, 2.45) is 22.7 Å². The van der Waals surface area contributed by atoms with Crippen LogP contribution in [0.3, 0.4) is 0 Å². The Morgan fingerprint density at radius 2 is 0.918 bits per heavy atom. The van der Waals surface area contributed by atoms with Crippen LogP contribution in [-0.2, 0) is 33.4 Å². The summed E-state index contributed by atoms with van der Waals surface area (Å²) in [5.41, 5.74) is -0.765. The van der Waals surface area contributed by atoms with Gasteiger partial charge in [-0.3, -0.25) is 19.2 Å². The third-order valence-electron chi connectivity index (χ3n) is 13.6. The van der Waals surface area contributed by atoms with E-state index in [2.05, 4.69) is 67.2 Å². The predicted molar refractivity (Wildman–Crippen MR) is 314 cm³/mol. The Morgan fingerprint density at radius 1 is 0.521 bits per heavy atom. The van der Waals surface area contributed by atoms with Crippen molar-refractivity contribution in [3.63, 3.8) is 0 Å². The van der Waals surface area contributed by atoms with Gasteiger partial charge in [0.05, 0.1) is 24.0 Å². The van der Waals surface area contributed by atoms with E-state index in [-0.39, 0.29) is 23.5 Å². The van der Waals surface area contributed by atoms with E-state index in [1.807, 2.05) is 34.6 Å². The van der Waals surface area contributed by atoms with Crippen LogP contribution in [0.5, 0.6) is 0 Å². The molecule has 1 aliphatic heterocycles. The van der Waals surface area contributed by atoms with E-state index in [4.69, 9.17) is 19.3 Å². The Balaban J connectivity index is -0.000000533. The fraction of sp³-hybridized carbons (Fsp3) is 0.938. The topological polar surface area (TPSA) is 119 Å². The van der Waals surface area contributed by atoms with Crippen molar-refractivity contribution in [1.29, 1.82) is 0 Å². The molecule has 73 heavy (non-hydrogen) atoms. The molecule has 9 heteroatoms. The van der Waals surface area contributed by atoms with E-state index in [1.54, 1.807) is 0 Å². The standard InChI is InChI=1S/C28H55NO2.C26H50O4.C4H8O2.C4H10.C2H6/c1-5-7-11-18-26(19-12-8-6-2)20-17-25-31-27(30)28(3,4)21-13-9-10-14-22-29-23-15-16-24-29;1-5-7-9-11-12-16-20-24(19-15-10-8-6-2)30-25(28)26(3,4)21-17-13-14-18-22-29-23-27;1-2-3-4(5)6;1-4(2)3;1-2/h26H,5-25H2,1-4H3;23-24H,5-22H2,1-4H3;2-3H2,1H3,(H,5,6);4H,1-3H3;1-2H3. The molecule has 1 N–H and O–H groups in total. The second kappa shape index (κ2) is 57.5. The van der Waals surface area contributed by atoms with Crippen LogP contribution in [0.2, 0.25) is 0 Å². The van der Waals surface area contributed by atoms with Gasteiger partial charge >= 0.3 is 17.9 Å². The summed E-state index contributed by atoms with van der Waals surface area (Å²) >= 11 is 0. The zero-order valence-electron chi connectivity index (χ0n) is 51.6. The number of carbonyl (C=O) groups excluding carboxylic acids is 3. The van der Waals surface area contributed by atoms with Crippen molar-refractivity contribution in [3.8, 4) is 0 Å². The number of nitrogens with zero attached hydrogens (tertiary/aromatic N) is 1. The van der Waals surface area contributed by atoms with Crippen LogP contribution in [0.1, 0.15) is 328 Å². The molecule has 1 rings (SSSR count). The maximum absolute atomic E-state index is 12.9. The highest BCUT2D eigenvalue weighted by atomic mass is 16.5. The fourth-order valence-corrected chi connectivity index (χ4v) is 8.89. The molecule has 0 aliphatic carbocycles. The zero-order chi connectivity index (χ0) is 55.9. The largest absolute Gasteiger partial charge is 0.481 e. The number of hydrogen-bond acceptors (Lipinski definition) is 8. The van der Waals surface area contributed by atoms with Gasteiger partial charge in [0.1, 0.15) is 6.10 Å². The van der Waals surface area contributed by atoms with Gasteiger partial charge in [0.2, 0.25) is 0 Å². The van der Waals surface area contributed by atoms with E-state index in [0.717, 1.165) is 88.9 Å². The summed E-state index contributed by atoms with van der Waals surface area (Å²) in [6.07, 6.45) is 42.2. The minimum Gasteiger partial charge on any atom is -0.481 e. The molecule has 1 atom stereocenters. The number of hydrogen-bond donors (Lipinski definition) is 1. The summed E-state index contributed by atoms with van der Waals surface area (Å²) in [6, 6.07) is 0. The number of carbonyl (C=O) groups is 4. The molecule has 1 unspecified atom stereocenters. The summed E-state index contributed by atoms with van der Waals surface area (Å²) < 4.78 is 16.5. The molecule has 1 fully saturated rings. The molecule has 0 aromatic carbocycles. The van der Waals surface area contributed by atoms with Crippen LogP contribution in [0.4, 0.5) is 0 Å². The Bertz CT molecular complexity index is 1150. The van der Waals surface area contributed by atoms with Crippen LogP contribution in [-0.4, -0.2) is 73.3 Å². The molecule has 1 saturated heterocycles. The normalized spacial score (nSPS) is 12.8. The molecule has 0 amide bonds. The van der Waals surface area contributed by atoms with Gasteiger partial charge < -0.3 is 24.2 Å². The average Bonchev–Trinajstić information content (AvgIpc) is 3.88. The third kappa shape index (κ3) is 57.4. The first kappa shape index (κ1) is 77.3. The highest BCUT2D eigenvalue weighted by Crippen LogP contribution is 2.29. The quantitative estimate of drug-likeness (QED) is 0.0275. The number of ether oxygens (including phenoxy) is 3. The first-order valence-corrected chi connectivity index (χ1v) is 31.3. The molecule has 0 aromatic rings. The number of carboxylic acids is 1. The number of esters is 2. The minimum atomic E-state index is -0.711. The summed E-state index contributed by atoms with van der Waals surface area (Å²) in [5.74, 6) is 0.930. The lowest BCUT2D eigenvalue weighted by Gasteiger charge is -2.27. The Hall–Kier alpha value is -2.16. The Kier molecular flexibility index (Phi) is 61.0. The first-order chi connectivity index (χ1) is 35.0. The molecule has 0 spiro atoms. The molecule has 438 valence electrons. The van der Waals surface area contributed by atoms with Crippen LogP contribution in [0, 0.1) is 22.7 Å². The Labute approximate surface area is 455 Å². The molecule has 1 heterocycles. The highest BCUT2D eigenvalue weighted by molar-refractivity contribution is 5.76. The van der Waals surface area contributed by atoms with Gasteiger partial charge in [0, 0.05) is 6.42 Å². The molecule has 0 bridgehead atoms. The number of carboxylic acid groups (broad SMARTS) is 1. The summed E-state index contributed by atoms with van der Waals surface area (Å²) in [4.78, 5) is 47.8. The lowest BCUT2D eigenvalue weighted by molar-refractivity contribution is -0.161. The van der Waals surface area contributed by atoms with Gasteiger partial charge in [0.25, 0.3) is 6.47 Å². The molecule has 9 nitrogen and oxygen atoms in total. The van der Waals surface area contributed by atoms with E-state index in [0.29, 0.717) is 26.1 Å². The second-order valence-corrected chi connectivity index (χ2v) is 23.1. The average molecular weight is 1040 g/mol. The summed E-state index contributed by atoms with van der Waals surface area (Å²) in [5, 5.41) is 7.91. The summed E-state index contributed by atoms with van der Waals surface area (Å²) in [6.45, 7) is 35.0. The van der Waals surface area contributed by atoms with Gasteiger partial charge in [-0.1, -0.05) is 210 Å². The fourth-order valence-electron chi connectivity index (χ4n) is 8.89. The van der Waals surface area contributed by atoms with E-state index in [1.165, 1.54) is 167 Å². The maximum Gasteiger partial charge on any atom is 0.311 e. The third-order valence-corrected chi connectivity index (χ3v) is 13.6. The second-order valence-electron chi connectivity index (χ2n) is 23.1. The van der Waals surface area contributed by atoms with Crippen molar-refractivity contribution in [1.82, 2.24) is 4.90 Å². The van der Waals surface area contributed by atoms with Crippen LogP contribution < -0.4 is 0 Å². The smallest absolute Gasteiger partial charge is 0.311 e. The van der Waals surface area contributed by atoms with Gasteiger partial charge in [-0.25, -0.2) is 0 Å². The molecular formula is C64H129NO8. The van der Waals surface area contributed by atoms with Gasteiger partial charge in [-0.2, -0.15) is 0 Å². The predicted octanol–water partition coefficient (Wildman–Crippen LogP) is 19.5. The minimum absolute atomic E-state index is 0.0121. The Morgan fingerprint density at radius 3 is 1.38 bits per heavy atom. The monoisotopic (exact) mass is 1040 g/mol. The van der Waals surface area contributed by atoms with E-state index in [9.17, 15) is 19.2 Å². The van der Waals surface area contributed by atoms with Crippen molar-refractivity contribution in [2.45, 2.75) is 334 Å². The van der Waals surface area contributed by atoms with Crippen LogP contribution in [0.25, 0.3) is 0 Å². The summed E-state index contributed by atoms with van der Waals surface area (Å²) in [7, 11) is 0. The van der Waals surface area contributed by atoms with Crippen LogP contribution in [0.15, 0.2) is 0 Å². The number of aliphatic carboxylic acids is 1. The van der Waals surface area contributed by atoms with Crippen molar-refractivity contribution in [2.75, 3.05) is 32.8 Å². The maximum atomic E-state index is 12.9. The molecular weight excluding hydrogens is 911 g/mol. The number of likely N-dealkylation sites (tertiary alicyclic amines) is 1. The molecule has 0 radical (unpaired) electrons. The van der Waals surface area contributed by atoms with Gasteiger partial charge in [0.15, 0.2) is 0 Å². The molecule has 1 aliphatic rings. The zero-order valence-corrected chi connectivity index (χ0v) is 51.6. The van der Waals surface area contributed by atoms with Gasteiger partial charge in [-0.05, 0) is 143 Å². The van der Waals surface area contributed by atoms with E-state index < -0.39 is 11.4 Å². The number of unbranched alkanes of at least 4 members (excludes halogenated alkanes) is 18. The van der Waals surface area contributed by atoms with Crippen molar-refractivity contribution >= 4 is 24.4 Å². The SMILES string of the molecule is CC.CC(C)C.CCCC(=O)O.CCCCCC(CCCCC)CCCOC(=O)C(C)(C)CCCCCCN1CCCC1.CCCCCCCCC(CCCCCC)OC(=O)C(C)(C)CCCCCCOC=O. The lowest BCUT2D eigenvalue weighted by Crippen LogP contribution is -2.31.